The van der Waals surface area contributed by atoms with E-state index >= 15 is 0 Å². The molecular formula is C7H5BrF2INO. The van der Waals surface area contributed by atoms with Crippen LogP contribution in [0.4, 0.5) is 8.78 Å². The number of aromatic nitrogens is 1. The van der Waals surface area contributed by atoms with E-state index < -0.39 is 6.43 Å². The smallest absolute Gasteiger partial charge is 0.278 e. The molecule has 0 saturated carbocycles. The molecule has 1 rings (SSSR count). The van der Waals surface area contributed by atoms with E-state index in [9.17, 15) is 13.6 Å². The van der Waals surface area contributed by atoms with E-state index in [1.165, 1.54) is 0 Å². The lowest BCUT2D eigenvalue weighted by Gasteiger charge is -2.03. The van der Waals surface area contributed by atoms with Gasteiger partial charge in [0, 0.05) is 17.0 Å². The van der Waals surface area contributed by atoms with E-state index in [0.29, 0.717) is 14.6 Å². The highest BCUT2D eigenvalue weighted by atomic mass is 127. The molecule has 1 N–H and O–H groups in total. The second kappa shape index (κ2) is 4.50. The van der Waals surface area contributed by atoms with Crippen molar-refractivity contribution in [2.75, 3.05) is 0 Å². The molecule has 0 spiro atoms. The molecule has 6 heteroatoms. The van der Waals surface area contributed by atoms with Crippen LogP contribution in [0.15, 0.2) is 10.9 Å². The third kappa shape index (κ3) is 2.49. The minimum Gasteiger partial charge on any atom is -0.349 e. The highest BCUT2D eigenvalue weighted by Crippen LogP contribution is 2.17. The Morgan fingerprint density at radius 2 is 2.23 bits per heavy atom. The summed E-state index contributed by atoms with van der Waals surface area (Å²) in [6.45, 7) is 0. The van der Waals surface area contributed by atoms with Crippen LogP contribution >= 0.6 is 38.5 Å². The van der Waals surface area contributed by atoms with Gasteiger partial charge in [-0.05, 0) is 22.6 Å². The van der Waals surface area contributed by atoms with Crippen molar-refractivity contribution in [2.24, 2.45) is 0 Å². The molecule has 2 nitrogen and oxygen atoms in total. The van der Waals surface area contributed by atoms with Gasteiger partial charge in [-0.3, -0.25) is 4.79 Å². The van der Waals surface area contributed by atoms with Crippen LogP contribution in [0.1, 0.15) is 17.7 Å². The second-order valence-corrected chi connectivity index (χ2v) is 3.96. The van der Waals surface area contributed by atoms with E-state index in [4.69, 9.17) is 0 Å². The van der Waals surface area contributed by atoms with E-state index in [0.717, 1.165) is 6.07 Å². The zero-order valence-electron chi connectivity index (χ0n) is 6.28. The van der Waals surface area contributed by atoms with Crippen molar-refractivity contribution >= 4 is 38.5 Å². The van der Waals surface area contributed by atoms with Crippen molar-refractivity contribution in [1.29, 1.82) is 0 Å². The van der Waals surface area contributed by atoms with Crippen molar-refractivity contribution < 1.29 is 8.78 Å². The monoisotopic (exact) mass is 363 g/mol. The summed E-state index contributed by atoms with van der Waals surface area (Å²) in [5.41, 5.74) is -0.223. The first-order valence-electron chi connectivity index (χ1n) is 3.32. The first-order chi connectivity index (χ1) is 6.06. The average Bonchev–Trinajstić information content (AvgIpc) is 2.03. The topological polar surface area (TPSA) is 32.9 Å². The highest BCUT2D eigenvalue weighted by Gasteiger charge is 2.12. The first-order valence-corrected chi connectivity index (χ1v) is 5.52. The SMILES string of the molecule is O=c1cc(C(F)F)[nH]c(I)c1CBr. The van der Waals surface area contributed by atoms with E-state index in [1.807, 2.05) is 22.6 Å². The Bertz CT molecular complexity index is 366. The summed E-state index contributed by atoms with van der Waals surface area (Å²) in [5.74, 6) is 0. The molecule has 72 valence electrons. The number of rotatable bonds is 2. The fourth-order valence-corrected chi connectivity index (χ4v) is 2.67. The van der Waals surface area contributed by atoms with Crippen LogP contribution in [0.2, 0.25) is 0 Å². The average molecular weight is 364 g/mol. The molecular weight excluding hydrogens is 359 g/mol. The van der Waals surface area contributed by atoms with Gasteiger partial charge in [-0.15, -0.1) is 0 Å². The van der Waals surface area contributed by atoms with Gasteiger partial charge < -0.3 is 4.98 Å². The number of H-pyrrole nitrogens is 1. The molecule has 1 heterocycles. The quantitative estimate of drug-likeness (QED) is 0.489. The number of alkyl halides is 3. The number of hydrogen-bond acceptors (Lipinski definition) is 1. The van der Waals surface area contributed by atoms with Crippen LogP contribution in [0, 0.1) is 3.70 Å². The largest absolute Gasteiger partial charge is 0.349 e. The molecule has 0 aromatic carbocycles. The maximum absolute atomic E-state index is 12.2. The molecule has 0 unspecified atom stereocenters. The number of halogens is 4. The summed E-state index contributed by atoms with van der Waals surface area (Å²) < 4.78 is 24.8. The van der Waals surface area contributed by atoms with E-state index in [1.54, 1.807) is 0 Å². The van der Waals surface area contributed by atoms with E-state index in [-0.39, 0.29) is 11.1 Å². The molecule has 0 radical (unpaired) electrons. The zero-order chi connectivity index (χ0) is 10.0. The summed E-state index contributed by atoms with van der Waals surface area (Å²) in [6.07, 6.45) is -2.63. The Balaban J connectivity index is 3.29. The number of nitrogens with one attached hydrogen (secondary N) is 1. The van der Waals surface area contributed by atoms with Crippen LogP contribution in [0.5, 0.6) is 0 Å². The normalized spacial score (nSPS) is 10.8. The van der Waals surface area contributed by atoms with Gasteiger partial charge in [0.2, 0.25) is 0 Å². The maximum atomic E-state index is 12.2. The van der Waals surface area contributed by atoms with Gasteiger partial charge in [-0.1, -0.05) is 15.9 Å². The molecule has 0 aliphatic heterocycles. The highest BCUT2D eigenvalue weighted by molar-refractivity contribution is 14.1. The molecule has 0 atom stereocenters. The summed E-state index contributed by atoms with van der Waals surface area (Å²) in [6, 6.07) is 0.934. The zero-order valence-corrected chi connectivity index (χ0v) is 10.0. The van der Waals surface area contributed by atoms with E-state index in [2.05, 4.69) is 20.9 Å². The lowest BCUT2D eigenvalue weighted by atomic mass is 10.2. The number of hydrogen-bond donors (Lipinski definition) is 1. The lowest BCUT2D eigenvalue weighted by Crippen LogP contribution is -2.12. The van der Waals surface area contributed by atoms with Gasteiger partial charge in [-0.2, -0.15) is 0 Å². The van der Waals surface area contributed by atoms with Crippen molar-refractivity contribution in [3.63, 3.8) is 0 Å². The Kier molecular flexibility index (Phi) is 3.84. The second-order valence-electron chi connectivity index (χ2n) is 2.32. The molecule has 0 bridgehead atoms. The third-order valence-corrected chi connectivity index (χ3v) is 2.95. The molecule has 0 fully saturated rings. The van der Waals surface area contributed by atoms with Gasteiger partial charge in [0.1, 0.15) is 0 Å². The van der Waals surface area contributed by atoms with Crippen molar-refractivity contribution in [1.82, 2.24) is 4.98 Å². The Hall–Kier alpha value is 0.0200. The Labute approximate surface area is 95.0 Å². The van der Waals surface area contributed by atoms with Crippen LogP contribution in [0.3, 0.4) is 0 Å². The van der Waals surface area contributed by atoms with Crippen molar-refractivity contribution in [2.45, 2.75) is 11.8 Å². The number of pyridine rings is 1. The molecule has 0 amide bonds. The Morgan fingerprint density at radius 3 is 2.62 bits per heavy atom. The van der Waals surface area contributed by atoms with Crippen LogP contribution in [0.25, 0.3) is 0 Å². The van der Waals surface area contributed by atoms with Crippen LogP contribution in [-0.2, 0) is 5.33 Å². The summed E-state index contributed by atoms with van der Waals surface area (Å²) in [4.78, 5) is 13.7. The molecule has 0 saturated heterocycles. The first kappa shape index (κ1) is 11.1. The van der Waals surface area contributed by atoms with Gasteiger partial charge in [0.15, 0.2) is 5.43 Å². The van der Waals surface area contributed by atoms with Gasteiger partial charge in [0.05, 0.1) is 9.39 Å². The number of aromatic amines is 1. The standard InChI is InChI=1S/C7H5BrF2INO/c8-2-3-5(13)1-4(6(9)10)12-7(3)11/h1,6H,2H2,(H,12,13). The van der Waals surface area contributed by atoms with Crippen LogP contribution in [-0.4, -0.2) is 4.98 Å². The van der Waals surface area contributed by atoms with Gasteiger partial charge in [0.25, 0.3) is 6.43 Å². The molecule has 13 heavy (non-hydrogen) atoms. The molecule has 1 aromatic rings. The molecule has 0 aliphatic rings. The predicted octanol–water partition coefficient (Wildman–Crippen LogP) is 2.81. The Morgan fingerprint density at radius 1 is 1.62 bits per heavy atom. The van der Waals surface area contributed by atoms with Crippen molar-refractivity contribution in [3.8, 4) is 0 Å². The summed E-state index contributed by atoms with van der Waals surface area (Å²) in [7, 11) is 0. The fraction of sp³-hybridized carbons (Fsp3) is 0.286. The summed E-state index contributed by atoms with van der Waals surface area (Å²) >= 11 is 4.93. The lowest BCUT2D eigenvalue weighted by molar-refractivity contribution is 0.145. The fourth-order valence-electron chi connectivity index (χ4n) is 0.817. The van der Waals surface area contributed by atoms with Crippen LogP contribution < -0.4 is 5.43 Å². The maximum Gasteiger partial charge on any atom is 0.278 e. The predicted molar refractivity (Wildman–Crippen MR) is 57.4 cm³/mol. The van der Waals surface area contributed by atoms with Crippen molar-refractivity contribution in [3.05, 3.63) is 31.2 Å². The third-order valence-electron chi connectivity index (χ3n) is 1.47. The van der Waals surface area contributed by atoms with Gasteiger partial charge in [-0.25, -0.2) is 8.78 Å². The van der Waals surface area contributed by atoms with Gasteiger partial charge >= 0.3 is 0 Å². The molecule has 1 aromatic heterocycles. The molecule has 0 aliphatic carbocycles. The minimum absolute atomic E-state index is 0.334. The minimum atomic E-state index is -2.63. The summed E-state index contributed by atoms with van der Waals surface area (Å²) in [5, 5.41) is 0.365.